The van der Waals surface area contributed by atoms with E-state index in [0.717, 1.165) is 63.6 Å². The highest BCUT2D eigenvalue weighted by molar-refractivity contribution is 5.94. The molecule has 1 aliphatic rings. The summed E-state index contributed by atoms with van der Waals surface area (Å²) in [5, 5.41) is 9.39. The van der Waals surface area contributed by atoms with Crippen molar-refractivity contribution in [3.8, 4) is 0 Å². The molecule has 29 heavy (non-hydrogen) atoms. The van der Waals surface area contributed by atoms with Gasteiger partial charge in [-0.3, -0.25) is 9.79 Å². The van der Waals surface area contributed by atoms with Gasteiger partial charge < -0.3 is 25.8 Å². The molecule has 0 saturated carbocycles. The topological polar surface area (TPSA) is 72.0 Å². The van der Waals surface area contributed by atoms with Gasteiger partial charge in [-0.05, 0) is 70.6 Å². The van der Waals surface area contributed by atoms with Crippen molar-refractivity contribution in [1.29, 1.82) is 0 Å². The number of nitrogens with one attached hydrogen (secondary N) is 3. The molecule has 1 aromatic carbocycles. The fourth-order valence-electron chi connectivity index (χ4n) is 3.49. The second-order valence-electron chi connectivity index (χ2n) is 7.57. The van der Waals surface area contributed by atoms with Crippen LogP contribution < -0.4 is 16.0 Å². The SMILES string of the molecule is CCNC(=NCCCN1CCCN(C)CC1)NCCc1cccc(C(=O)NC)c1. The molecular weight excluding hydrogens is 364 g/mol. The molecule has 1 heterocycles. The van der Waals surface area contributed by atoms with Gasteiger partial charge in [0.05, 0.1) is 0 Å². The maximum absolute atomic E-state index is 11.8. The van der Waals surface area contributed by atoms with E-state index < -0.39 is 0 Å². The minimum absolute atomic E-state index is 0.0502. The molecule has 0 aliphatic carbocycles. The number of amides is 1. The monoisotopic (exact) mass is 402 g/mol. The summed E-state index contributed by atoms with van der Waals surface area (Å²) in [6.07, 6.45) is 3.18. The summed E-state index contributed by atoms with van der Waals surface area (Å²) in [4.78, 5) is 21.5. The maximum atomic E-state index is 11.8. The summed E-state index contributed by atoms with van der Waals surface area (Å²) in [6, 6.07) is 7.77. The molecule has 2 rings (SSSR count). The minimum Gasteiger partial charge on any atom is -0.357 e. The summed E-state index contributed by atoms with van der Waals surface area (Å²) in [6.45, 7) is 10.4. The van der Waals surface area contributed by atoms with E-state index in [-0.39, 0.29) is 5.91 Å². The summed E-state index contributed by atoms with van der Waals surface area (Å²) in [5.41, 5.74) is 1.84. The Hall–Kier alpha value is -2.12. The Kier molecular flexibility index (Phi) is 10.5. The van der Waals surface area contributed by atoms with Gasteiger partial charge in [-0.1, -0.05) is 12.1 Å². The summed E-state index contributed by atoms with van der Waals surface area (Å²) < 4.78 is 0. The number of nitrogens with zero attached hydrogens (tertiary/aromatic N) is 3. The molecule has 1 aromatic rings. The Morgan fingerprint density at radius 2 is 2.03 bits per heavy atom. The molecule has 3 N–H and O–H groups in total. The van der Waals surface area contributed by atoms with E-state index in [0.29, 0.717) is 5.56 Å². The van der Waals surface area contributed by atoms with Crippen LogP contribution in [0.3, 0.4) is 0 Å². The van der Waals surface area contributed by atoms with Gasteiger partial charge in [0.15, 0.2) is 5.96 Å². The molecule has 0 spiro atoms. The van der Waals surface area contributed by atoms with Crippen LogP contribution in [0.2, 0.25) is 0 Å². The Morgan fingerprint density at radius 3 is 2.83 bits per heavy atom. The van der Waals surface area contributed by atoms with E-state index in [1.54, 1.807) is 7.05 Å². The zero-order chi connectivity index (χ0) is 20.9. The third kappa shape index (κ3) is 8.83. The van der Waals surface area contributed by atoms with Gasteiger partial charge in [-0.25, -0.2) is 0 Å². The molecule has 0 radical (unpaired) electrons. The smallest absolute Gasteiger partial charge is 0.251 e. The number of rotatable bonds is 9. The van der Waals surface area contributed by atoms with Crippen LogP contribution in [0.1, 0.15) is 35.7 Å². The molecule has 0 atom stereocenters. The van der Waals surface area contributed by atoms with Crippen LogP contribution >= 0.6 is 0 Å². The first-order chi connectivity index (χ1) is 14.1. The Balaban J connectivity index is 1.73. The zero-order valence-electron chi connectivity index (χ0n) is 18.3. The molecule has 0 unspecified atom stereocenters. The van der Waals surface area contributed by atoms with Crippen LogP contribution in [0.4, 0.5) is 0 Å². The molecule has 7 heteroatoms. The third-order valence-corrected chi connectivity index (χ3v) is 5.18. The lowest BCUT2D eigenvalue weighted by Crippen LogP contribution is -2.38. The van der Waals surface area contributed by atoms with E-state index in [2.05, 4.69) is 45.8 Å². The predicted molar refractivity (Wildman–Crippen MR) is 121 cm³/mol. The second-order valence-corrected chi connectivity index (χ2v) is 7.57. The summed E-state index contributed by atoms with van der Waals surface area (Å²) >= 11 is 0. The van der Waals surface area contributed by atoms with Crippen molar-refractivity contribution >= 4 is 11.9 Å². The van der Waals surface area contributed by atoms with Crippen molar-refractivity contribution in [3.63, 3.8) is 0 Å². The van der Waals surface area contributed by atoms with Crippen LogP contribution in [-0.2, 0) is 6.42 Å². The molecule has 0 bridgehead atoms. The van der Waals surface area contributed by atoms with Crippen LogP contribution in [0.25, 0.3) is 0 Å². The fourth-order valence-corrected chi connectivity index (χ4v) is 3.49. The Bertz CT molecular complexity index is 648. The van der Waals surface area contributed by atoms with Gasteiger partial charge in [0, 0.05) is 45.3 Å². The van der Waals surface area contributed by atoms with Gasteiger partial charge in [0.1, 0.15) is 0 Å². The van der Waals surface area contributed by atoms with Crippen molar-refractivity contribution in [1.82, 2.24) is 25.8 Å². The molecule has 1 amide bonds. The van der Waals surface area contributed by atoms with Gasteiger partial charge in [0.25, 0.3) is 5.91 Å². The Labute approximate surface area is 175 Å². The molecule has 1 aliphatic heterocycles. The van der Waals surface area contributed by atoms with Crippen molar-refractivity contribution in [3.05, 3.63) is 35.4 Å². The normalized spacial score (nSPS) is 16.3. The number of guanidine groups is 1. The first-order valence-corrected chi connectivity index (χ1v) is 10.9. The van der Waals surface area contributed by atoms with Gasteiger partial charge in [-0.15, -0.1) is 0 Å². The number of hydrogen-bond acceptors (Lipinski definition) is 4. The molecular formula is C22H38N6O. The van der Waals surface area contributed by atoms with E-state index in [1.807, 2.05) is 18.2 Å². The molecule has 7 nitrogen and oxygen atoms in total. The molecule has 0 aromatic heterocycles. The van der Waals surface area contributed by atoms with Crippen LogP contribution in [0, 0.1) is 0 Å². The van der Waals surface area contributed by atoms with E-state index in [1.165, 1.54) is 19.5 Å². The lowest BCUT2D eigenvalue weighted by Gasteiger charge is -2.19. The molecule has 1 fully saturated rings. The highest BCUT2D eigenvalue weighted by atomic mass is 16.1. The minimum atomic E-state index is -0.0502. The number of benzene rings is 1. The third-order valence-electron chi connectivity index (χ3n) is 5.18. The average molecular weight is 403 g/mol. The number of likely N-dealkylation sites (N-methyl/N-ethyl adjacent to an activating group) is 1. The van der Waals surface area contributed by atoms with Crippen molar-refractivity contribution in [2.45, 2.75) is 26.2 Å². The largest absolute Gasteiger partial charge is 0.357 e. The van der Waals surface area contributed by atoms with Gasteiger partial charge in [0.2, 0.25) is 0 Å². The van der Waals surface area contributed by atoms with Crippen LogP contribution in [0.5, 0.6) is 0 Å². The first-order valence-electron chi connectivity index (χ1n) is 10.9. The summed E-state index contributed by atoms with van der Waals surface area (Å²) in [7, 11) is 3.86. The lowest BCUT2D eigenvalue weighted by molar-refractivity contribution is 0.0963. The number of hydrogen-bond donors (Lipinski definition) is 3. The van der Waals surface area contributed by atoms with Gasteiger partial charge >= 0.3 is 0 Å². The van der Waals surface area contributed by atoms with Crippen LogP contribution in [-0.4, -0.2) is 88.1 Å². The fraction of sp³-hybridized carbons (Fsp3) is 0.636. The van der Waals surface area contributed by atoms with Crippen LogP contribution in [0.15, 0.2) is 29.3 Å². The average Bonchev–Trinajstić information content (AvgIpc) is 2.94. The highest BCUT2D eigenvalue weighted by Crippen LogP contribution is 2.06. The lowest BCUT2D eigenvalue weighted by atomic mass is 10.1. The van der Waals surface area contributed by atoms with E-state index >= 15 is 0 Å². The van der Waals surface area contributed by atoms with E-state index in [9.17, 15) is 4.79 Å². The zero-order valence-corrected chi connectivity index (χ0v) is 18.3. The van der Waals surface area contributed by atoms with E-state index in [4.69, 9.17) is 4.99 Å². The van der Waals surface area contributed by atoms with Gasteiger partial charge in [-0.2, -0.15) is 0 Å². The molecule has 1 saturated heterocycles. The van der Waals surface area contributed by atoms with Crippen molar-refractivity contribution < 1.29 is 4.79 Å². The first kappa shape index (κ1) is 23.2. The predicted octanol–water partition coefficient (Wildman–Crippen LogP) is 1.17. The maximum Gasteiger partial charge on any atom is 0.251 e. The number of aliphatic imine (C=N–C) groups is 1. The van der Waals surface area contributed by atoms with Crippen molar-refractivity contribution in [2.24, 2.45) is 4.99 Å². The Morgan fingerprint density at radius 1 is 1.17 bits per heavy atom. The quantitative estimate of drug-likeness (QED) is 0.329. The summed E-state index contributed by atoms with van der Waals surface area (Å²) in [5.74, 6) is 0.816. The second kappa shape index (κ2) is 13.2. The number of carbonyl (C=O) groups is 1. The van der Waals surface area contributed by atoms with Crippen molar-refractivity contribution in [2.75, 3.05) is 66.5 Å². The molecule has 162 valence electrons. The highest BCUT2D eigenvalue weighted by Gasteiger charge is 2.11. The number of carbonyl (C=O) groups excluding carboxylic acids is 1. The standard InChI is InChI=1S/C22H38N6O/c1-4-24-22(25-11-6-14-28-15-7-13-27(3)16-17-28)26-12-10-19-8-5-9-20(18-19)21(29)23-2/h5,8-9,18H,4,6-7,10-17H2,1-3H3,(H,23,29)(H2,24,25,26).